The molecule has 0 spiro atoms. The van der Waals surface area contributed by atoms with Crippen LogP contribution in [0.4, 0.5) is 5.69 Å². The van der Waals surface area contributed by atoms with E-state index in [9.17, 15) is 0 Å². The summed E-state index contributed by atoms with van der Waals surface area (Å²) in [5.74, 6) is 0.971. The molecule has 0 aliphatic carbocycles. The zero-order valence-corrected chi connectivity index (χ0v) is 17.7. The third-order valence-corrected chi connectivity index (χ3v) is 5.31. The molecule has 0 radical (unpaired) electrons. The van der Waals surface area contributed by atoms with Gasteiger partial charge < -0.3 is 19.3 Å². The Hall–Kier alpha value is -1.56. The van der Waals surface area contributed by atoms with Crippen LogP contribution in [0.5, 0.6) is 5.75 Å². The first-order valence-electron chi connectivity index (χ1n) is 9.70. The van der Waals surface area contributed by atoms with Crippen LogP contribution in [0.3, 0.4) is 0 Å². The molecule has 0 aromatic heterocycles. The summed E-state index contributed by atoms with van der Waals surface area (Å²) in [5, 5.41) is 0. The number of nitrogens with zero attached hydrogens (tertiary/aromatic N) is 2. The number of anilines is 1. The molecule has 5 heteroatoms. The van der Waals surface area contributed by atoms with Crippen LogP contribution < -0.4 is 9.64 Å². The second-order valence-electron chi connectivity index (χ2n) is 7.00. The molecule has 1 aliphatic heterocycles. The van der Waals surface area contributed by atoms with Crippen molar-refractivity contribution in [2.24, 2.45) is 0 Å². The second-order valence-corrected chi connectivity index (χ2v) is 7.91. The minimum Gasteiger partial charge on any atom is -0.491 e. The Labute approximate surface area is 171 Å². The van der Waals surface area contributed by atoms with E-state index in [4.69, 9.17) is 9.47 Å². The predicted octanol–water partition coefficient (Wildman–Crippen LogP) is 4.58. The number of unbranched alkanes of at least 4 members (excludes halogenated alkanes) is 1. The van der Waals surface area contributed by atoms with Gasteiger partial charge in [0.1, 0.15) is 5.75 Å². The molecule has 27 heavy (non-hydrogen) atoms. The highest BCUT2D eigenvalue weighted by Crippen LogP contribution is 2.32. The molecule has 0 N–H and O–H groups in total. The van der Waals surface area contributed by atoms with Crippen LogP contribution in [0, 0.1) is 0 Å². The van der Waals surface area contributed by atoms with Crippen molar-refractivity contribution in [2.45, 2.75) is 19.4 Å². The van der Waals surface area contributed by atoms with Gasteiger partial charge in [0.05, 0.1) is 18.9 Å². The summed E-state index contributed by atoms with van der Waals surface area (Å²) >= 11 is 3.57. The Morgan fingerprint density at radius 1 is 0.926 bits per heavy atom. The van der Waals surface area contributed by atoms with Crippen molar-refractivity contribution in [1.29, 1.82) is 0 Å². The number of hydrogen-bond acceptors (Lipinski definition) is 4. The normalized spacial score (nSPS) is 15.1. The molecule has 0 bridgehead atoms. The molecule has 1 fully saturated rings. The van der Waals surface area contributed by atoms with Gasteiger partial charge in [0.2, 0.25) is 0 Å². The van der Waals surface area contributed by atoms with Crippen LogP contribution in [0.15, 0.2) is 53.0 Å². The molecule has 0 atom stereocenters. The van der Waals surface area contributed by atoms with E-state index in [1.807, 2.05) is 18.2 Å². The van der Waals surface area contributed by atoms with Crippen molar-refractivity contribution in [1.82, 2.24) is 4.90 Å². The fraction of sp³-hybridized carbons (Fsp3) is 0.455. The van der Waals surface area contributed by atoms with Crippen LogP contribution in [0.25, 0.3) is 0 Å². The molecular weight excluding hydrogens is 404 g/mol. The Morgan fingerprint density at radius 2 is 1.67 bits per heavy atom. The lowest BCUT2D eigenvalue weighted by Gasteiger charge is -2.35. The Bertz CT molecular complexity index is 688. The largest absolute Gasteiger partial charge is 0.491 e. The van der Waals surface area contributed by atoms with Gasteiger partial charge in [0.15, 0.2) is 0 Å². The molecule has 3 rings (SSSR count). The average molecular weight is 433 g/mol. The van der Waals surface area contributed by atoms with Gasteiger partial charge in [-0.1, -0.05) is 46.3 Å². The second kappa shape index (κ2) is 10.7. The van der Waals surface area contributed by atoms with E-state index in [0.717, 1.165) is 55.8 Å². The molecule has 0 unspecified atom stereocenters. The van der Waals surface area contributed by atoms with Gasteiger partial charge in [-0.2, -0.15) is 0 Å². The zero-order valence-electron chi connectivity index (χ0n) is 16.1. The Morgan fingerprint density at radius 3 is 2.44 bits per heavy atom. The molecule has 0 amide bonds. The Kier molecular flexibility index (Phi) is 7.99. The van der Waals surface area contributed by atoms with Crippen molar-refractivity contribution in [3.05, 3.63) is 58.6 Å². The minimum atomic E-state index is 0.681. The number of ether oxygens (including phenoxy) is 2. The molecule has 4 nitrogen and oxygen atoms in total. The lowest BCUT2D eigenvalue weighted by molar-refractivity contribution is 0.113. The van der Waals surface area contributed by atoms with Gasteiger partial charge in [-0.05, 0) is 43.7 Å². The van der Waals surface area contributed by atoms with E-state index >= 15 is 0 Å². The SMILES string of the molecule is CN1CCN(c2ccc(Br)cc2OCCCCOCc2ccccc2)CC1. The maximum atomic E-state index is 6.12. The predicted molar refractivity (Wildman–Crippen MR) is 115 cm³/mol. The van der Waals surface area contributed by atoms with E-state index < -0.39 is 0 Å². The topological polar surface area (TPSA) is 24.9 Å². The maximum Gasteiger partial charge on any atom is 0.143 e. The third kappa shape index (κ3) is 6.52. The fourth-order valence-electron chi connectivity index (χ4n) is 3.16. The first-order chi connectivity index (χ1) is 13.2. The monoisotopic (exact) mass is 432 g/mol. The highest BCUT2D eigenvalue weighted by atomic mass is 79.9. The number of benzene rings is 2. The average Bonchev–Trinajstić information content (AvgIpc) is 2.69. The summed E-state index contributed by atoms with van der Waals surface area (Å²) < 4.78 is 12.9. The molecule has 1 saturated heterocycles. The number of halogens is 1. The van der Waals surface area contributed by atoms with Crippen molar-refractivity contribution in [3.8, 4) is 5.75 Å². The van der Waals surface area contributed by atoms with Gasteiger partial charge in [0, 0.05) is 37.3 Å². The number of piperazine rings is 1. The fourth-order valence-corrected chi connectivity index (χ4v) is 3.50. The lowest BCUT2D eigenvalue weighted by atomic mass is 10.2. The summed E-state index contributed by atoms with van der Waals surface area (Å²) in [7, 11) is 2.18. The summed E-state index contributed by atoms with van der Waals surface area (Å²) in [6.07, 6.45) is 1.99. The maximum absolute atomic E-state index is 6.12. The summed E-state index contributed by atoms with van der Waals surface area (Å²) in [4.78, 5) is 4.79. The van der Waals surface area contributed by atoms with Crippen molar-refractivity contribution >= 4 is 21.6 Å². The first-order valence-corrected chi connectivity index (χ1v) is 10.5. The molecule has 0 saturated carbocycles. The minimum absolute atomic E-state index is 0.681. The summed E-state index contributed by atoms with van der Waals surface area (Å²) in [6.45, 7) is 6.43. The van der Waals surface area contributed by atoms with E-state index in [1.54, 1.807) is 0 Å². The van der Waals surface area contributed by atoms with Gasteiger partial charge >= 0.3 is 0 Å². The number of hydrogen-bond donors (Lipinski definition) is 0. The van der Waals surface area contributed by atoms with Crippen LogP contribution in [-0.4, -0.2) is 51.3 Å². The van der Waals surface area contributed by atoms with Crippen LogP contribution in [0.2, 0.25) is 0 Å². The first kappa shape index (κ1) is 20.2. The van der Waals surface area contributed by atoms with Crippen molar-refractivity contribution in [2.75, 3.05) is 51.3 Å². The smallest absolute Gasteiger partial charge is 0.143 e. The highest BCUT2D eigenvalue weighted by molar-refractivity contribution is 9.10. The molecule has 1 heterocycles. The van der Waals surface area contributed by atoms with Crippen molar-refractivity contribution < 1.29 is 9.47 Å². The Balaban J connectivity index is 1.40. The number of rotatable bonds is 9. The van der Waals surface area contributed by atoms with E-state index in [0.29, 0.717) is 13.2 Å². The molecule has 2 aromatic carbocycles. The van der Waals surface area contributed by atoms with Crippen LogP contribution in [-0.2, 0) is 11.3 Å². The van der Waals surface area contributed by atoms with E-state index in [2.05, 4.69) is 63.1 Å². The van der Waals surface area contributed by atoms with Gasteiger partial charge in [-0.25, -0.2) is 0 Å². The molecule has 1 aliphatic rings. The van der Waals surface area contributed by atoms with Gasteiger partial charge in [0.25, 0.3) is 0 Å². The lowest BCUT2D eigenvalue weighted by Crippen LogP contribution is -2.44. The molecule has 2 aromatic rings. The quantitative estimate of drug-likeness (QED) is 0.541. The molecular formula is C22H29BrN2O2. The third-order valence-electron chi connectivity index (χ3n) is 4.82. The van der Waals surface area contributed by atoms with Crippen LogP contribution >= 0.6 is 15.9 Å². The van der Waals surface area contributed by atoms with Crippen LogP contribution in [0.1, 0.15) is 18.4 Å². The number of likely N-dealkylation sites (N-methyl/N-ethyl adjacent to an activating group) is 1. The van der Waals surface area contributed by atoms with Gasteiger partial charge in [-0.3, -0.25) is 0 Å². The van der Waals surface area contributed by atoms with E-state index in [1.165, 1.54) is 11.3 Å². The highest BCUT2D eigenvalue weighted by Gasteiger charge is 2.18. The molecule has 146 valence electrons. The van der Waals surface area contributed by atoms with Gasteiger partial charge in [-0.15, -0.1) is 0 Å². The summed E-state index contributed by atoms with van der Waals surface area (Å²) in [6, 6.07) is 16.6. The van der Waals surface area contributed by atoms with Crippen molar-refractivity contribution in [3.63, 3.8) is 0 Å². The summed E-state index contributed by atoms with van der Waals surface area (Å²) in [5.41, 5.74) is 2.42. The van der Waals surface area contributed by atoms with E-state index in [-0.39, 0.29) is 0 Å². The standard InChI is InChI=1S/C22H29BrN2O2/c1-24-11-13-25(14-12-24)21-10-9-20(23)17-22(21)27-16-6-5-15-26-18-19-7-3-2-4-8-19/h2-4,7-10,17H,5-6,11-16,18H2,1H3. The zero-order chi connectivity index (χ0) is 18.9.